The minimum Gasteiger partial charge on any atom is -0.473 e. The Labute approximate surface area is 151 Å². The van der Waals surface area contributed by atoms with Crippen LogP contribution < -0.4 is 4.74 Å². The second-order valence-corrected chi connectivity index (χ2v) is 6.53. The Bertz CT molecular complexity index is 648. The van der Waals surface area contributed by atoms with Gasteiger partial charge in [-0.25, -0.2) is 9.78 Å². The number of esters is 1. The van der Waals surface area contributed by atoms with E-state index >= 15 is 0 Å². The quantitative estimate of drug-likeness (QED) is 0.757. The summed E-state index contributed by atoms with van der Waals surface area (Å²) in [6.07, 6.45) is 4.39. The fourth-order valence-electron chi connectivity index (χ4n) is 3.14. The molecule has 3 rings (SSSR count). The van der Waals surface area contributed by atoms with Gasteiger partial charge in [0.15, 0.2) is 0 Å². The van der Waals surface area contributed by atoms with E-state index in [0.717, 1.165) is 19.3 Å². The first-order valence-electron chi connectivity index (χ1n) is 8.39. The van der Waals surface area contributed by atoms with Crippen molar-refractivity contribution in [3.63, 3.8) is 0 Å². The molecule has 2 fully saturated rings. The van der Waals surface area contributed by atoms with Gasteiger partial charge in [-0.2, -0.15) is 0 Å². The minimum atomic E-state index is -0.547. The summed E-state index contributed by atoms with van der Waals surface area (Å²) in [5, 5.41) is 0.283. The maximum absolute atomic E-state index is 12.7. The summed E-state index contributed by atoms with van der Waals surface area (Å²) in [6, 6.07) is 0.993. The highest BCUT2D eigenvalue weighted by Gasteiger charge is 2.35. The van der Waals surface area contributed by atoms with Gasteiger partial charge in [0.25, 0.3) is 5.91 Å². The van der Waals surface area contributed by atoms with E-state index in [1.165, 1.54) is 24.3 Å². The maximum atomic E-state index is 12.7. The molecule has 136 valence electrons. The van der Waals surface area contributed by atoms with Crippen molar-refractivity contribution < 1.29 is 23.8 Å². The number of carbonyl (C=O) groups excluding carboxylic acids is 2. The zero-order chi connectivity index (χ0) is 17.8. The molecule has 0 aliphatic carbocycles. The number of hydrogen-bond donors (Lipinski definition) is 0. The molecule has 0 saturated carbocycles. The van der Waals surface area contributed by atoms with Gasteiger partial charge < -0.3 is 19.1 Å². The van der Waals surface area contributed by atoms with Crippen molar-refractivity contribution in [3.8, 4) is 5.88 Å². The van der Waals surface area contributed by atoms with Crippen LogP contribution in [0.2, 0.25) is 5.02 Å². The van der Waals surface area contributed by atoms with Gasteiger partial charge >= 0.3 is 5.97 Å². The zero-order valence-corrected chi connectivity index (χ0v) is 14.8. The standard InChI is InChI=1S/C17H21ClN2O5/c1-23-17(22)14-3-2-6-20(14)16(21)11-9-13(18)15(19-10-11)25-12-4-7-24-8-5-12/h9-10,12,14H,2-8H2,1H3/t14-/m1/s1. The lowest BCUT2D eigenvalue weighted by atomic mass is 10.1. The molecule has 1 aromatic heterocycles. The average Bonchev–Trinajstić information content (AvgIpc) is 3.12. The second-order valence-electron chi connectivity index (χ2n) is 6.12. The summed E-state index contributed by atoms with van der Waals surface area (Å²) < 4.78 is 15.9. The molecule has 2 saturated heterocycles. The molecule has 1 aromatic rings. The Morgan fingerprint density at radius 3 is 2.76 bits per heavy atom. The number of nitrogens with zero attached hydrogens (tertiary/aromatic N) is 2. The Morgan fingerprint density at radius 2 is 2.08 bits per heavy atom. The molecule has 0 radical (unpaired) electrons. The smallest absolute Gasteiger partial charge is 0.328 e. The molecular weight excluding hydrogens is 348 g/mol. The van der Waals surface area contributed by atoms with E-state index in [1.54, 1.807) is 0 Å². The van der Waals surface area contributed by atoms with Crippen molar-refractivity contribution in [2.45, 2.75) is 37.8 Å². The lowest BCUT2D eigenvalue weighted by molar-refractivity contribution is -0.145. The Hall–Kier alpha value is -1.86. The number of ether oxygens (including phenoxy) is 3. The largest absolute Gasteiger partial charge is 0.473 e. The zero-order valence-electron chi connectivity index (χ0n) is 14.1. The molecule has 0 bridgehead atoms. The molecule has 2 aliphatic rings. The van der Waals surface area contributed by atoms with Crippen molar-refractivity contribution in [3.05, 3.63) is 22.8 Å². The van der Waals surface area contributed by atoms with E-state index in [1.807, 2.05) is 0 Å². The van der Waals surface area contributed by atoms with Crippen LogP contribution in [0.4, 0.5) is 0 Å². The number of halogens is 1. The molecule has 0 N–H and O–H groups in total. The monoisotopic (exact) mass is 368 g/mol. The van der Waals surface area contributed by atoms with Crippen LogP contribution in [-0.2, 0) is 14.3 Å². The van der Waals surface area contributed by atoms with Crippen LogP contribution in [0.1, 0.15) is 36.0 Å². The Balaban J connectivity index is 1.71. The van der Waals surface area contributed by atoms with Gasteiger partial charge in [-0.1, -0.05) is 11.6 Å². The number of likely N-dealkylation sites (tertiary alicyclic amines) is 1. The van der Waals surface area contributed by atoms with Crippen molar-refractivity contribution in [1.29, 1.82) is 0 Å². The van der Waals surface area contributed by atoms with Crippen LogP contribution in [-0.4, -0.2) is 60.8 Å². The first kappa shape index (κ1) is 17.9. The van der Waals surface area contributed by atoms with Crippen LogP contribution in [0.5, 0.6) is 5.88 Å². The molecule has 8 heteroatoms. The topological polar surface area (TPSA) is 78.0 Å². The molecule has 7 nitrogen and oxygen atoms in total. The number of carbonyl (C=O) groups is 2. The van der Waals surface area contributed by atoms with Crippen LogP contribution in [0.25, 0.3) is 0 Å². The van der Waals surface area contributed by atoms with Crippen molar-refractivity contribution in [2.24, 2.45) is 0 Å². The van der Waals surface area contributed by atoms with E-state index in [-0.39, 0.29) is 17.0 Å². The highest BCUT2D eigenvalue weighted by atomic mass is 35.5. The van der Waals surface area contributed by atoms with Crippen molar-refractivity contribution in [1.82, 2.24) is 9.88 Å². The number of hydrogen-bond acceptors (Lipinski definition) is 6. The maximum Gasteiger partial charge on any atom is 0.328 e. The summed E-state index contributed by atoms with van der Waals surface area (Å²) in [4.78, 5) is 30.2. The highest BCUT2D eigenvalue weighted by molar-refractivity contribution is 6.32. The van der Waals surface area contributed by atoms with Crippen molar-refractivity contribution in [2.75, 3.05) is 26.9 Å². The molecule has 0 aromatic carbocycles. The molecule has 1 amide bonds. The van der Waals surface area contributed by atoms with Crippen LogP contribution >= 0.6 is 11.6 Å². The molecule has 2 aliphatic heterocycles. The van der Waals surface area contributed by atoms with Gasteiger partial charge in [-0.3, -0.25) is 4.79 Å². The van der Waals surface area contributed by atoms with Crippen molar-refractivity contribution >= 4 is 23.5 Å². The lowest BCUT2D eigenvalue weighted by Crippen LogP contribution is -2.41. The average molecular weight is 369 g/mol. The predicted molar refractivity (Wildman–Crippen MR) is 89.8 cm³/mol. The third-order valence-electron chi connectivity index (χ3n) is 4.49. The highest BCUT2D eigenvalue weighted by Crippen LogP contribution is 2.27. The minimum absolute atomic E-state index is 0.0163. The Kier molecular flexibility index (Phi) is 5.75. The summed E-state index contributed by atoms with van der Waals surface area (Å²) in [5.41, 5.74) is 0.333. The molecule has 25 heavy (non-hydrogen) atoms. The second kappa shape index (κ2) is 8.01. The van der Waals surface area contributed by atoms with Gasteiger partial charge in [0.2, 0.25) is 5.88 Å². The van der Waals surface area contributed by atoms with E-state index in [0.29, 0.717) is 37.6 Å². The number of methoxy groups -OCH3 is 1. The van der Waals surface area contributed by atoms with Crippen LogP contribution in [0.15, 0.2) is 12.3 Å². The first-order chi connectivity index (χ1) is 12.1. The molecule has 0 spiro atoms. The number of pyridine rings is 1. The number of aromatic nitrogens is 1. The predicted octanol–water partition coefficient (Wildman–Crippen LogP) is 2.07. The van der Waals surface area contributed by atoms with Crippen LogP contribution in [0.3, 0.4) is 0 Å². The summed E-state index contributed by atoms with van der Waals surface area (Å²) in [5.74, 6) is -0.361. The summed E-state index contributed by atoms with van der Waals surface area (Å²) in [6.45, 7) is 1.82. The fraction of sp³-hybridized carbons (Fsp3) is 0.588. The Morgan fingerprint density at radius 1 is 1.32 bits per heavy atom. The lowest BCUT2D eigenvalue weighted by Gasteiger charge is -2.24. The van der Waals surface area contributed by atoms with Crippen LogP contribution in [0, 0.1) is 0 Å². The van der Waals surface area contributed by atoms with Gasteiger partial charge in [0, 0.05) is 25.6 Å². The fourth-order valence-corrected chi connectivity index (χ4v) is 3.35. The third kappa shape index (κ3) is 4.04. The van der Waals surface area contributed by atoms with E-state index in [9.17, 15) is 9.59 Å². The first-order valence-corrected chi connectivity index (χ1v) is 8.76. The number of amides is 1. The van der Waals surface area contributed by atoms with E-state index in [2.05, 4.69) is 4.98 Å². The normalized spacial score (nSPS) is 21.2. The molecule has 3 heterocycles. The van der Waals surface area contributed by atoms with E-state index < -0.39 is 12.0 Å². The van der Waals surface area contributed by atoms with Gasteiger partial charge in [-0.05, 0) is 18.9 Å². The van der Waals surface area contributed by atoms with Gasteiger partial charge in [-0.15, -0.1) is 0 Å². The SMILES string of the molecule is COC(=O)[C@H]1CCCN1C(=O)c1cnc(OC2CCOCC2)c(Cl)c1. The summed E-state index contributed by atoms with van der Waals surface area (Å²) >= 11 is 6.24. The van der Waals surface area contributed by atoms with Gasteiger partial charge in [0.05, 0.1) is 25.9 Å². The van der Waals surface area contributed by atoms with Gasteiger partial charge in [0.1, 0.15) is 17.2 Å². The summed E-state index contributed by atoms with van der Waals surface area (Å²) in [7, 11) is 1.32. The third-order valence-corrected chi connectivity index (χ3v) is 4.76. The molecule has 1 atom stereocenters. The molecular formula is C17H21ClN2O5. The number of rotatable bonds is 4. The molecule has 0 unspecified atom stereocenters. The van der Waals surface area contributed by atoms with E-state index in [4.69, 9.17) is 25.8 Å².